The van der Waals surface area contributed by atoms with Crippen molar-refractivity contribution in [3.63, 3.8) is 0 Å². The van der Waals surface area contributed by atoms with Gasteiger partial charge in [-0.05, 0) is 76.7 Å². The number of aromatic nitrogens is 1. The van der Waals surface area contributed by atoms with Crippen LogP contribution in [0.5, 0.6) is 0 Å². The Balaban J connectivity index is 1.86. The Hall–Kier alpha value is -1.29. The summed E-state index contributed by atoms with van der Waals surface area (Å²) in [5, 5.41) is 0.656. The molecular formula is C21H29ClN2O2. The number of amides is 1. The highest BCUT2D eigenvalue weighted by Gasteiger charge is 2.59. The van der Waals surface area contributed by atoms with E-state index in [1.54, 1.807) is 6.20 Å². The molecule has 1 aromatic rings. The number of likely N-dealkylation sites (tertiary alicyclic amines) is 1. The molecule has 0 radical (unpaired) electrons. The van der Waals surface area contributed by atoms with Crippen molar-refractivity contribution in [3.8, 4) is 0 Å². The van der Waals surface area contributed by atoms with Crippen LogP contribution < -0.4 is 0 Å². The Morgan fingerprint density at radius 3 is 2.92 bits per heavy atom. The van der Waals surface area contributed by atoms with Crippen LogP contribution in [-0.2, 0) is 16.7 Å². The van der Waals surface area contributed by atoms with Crippen LogP contribution in [0.1, 0.15) is 64.6 Å². The van der Waals surface area contributed by atoms with Crippen LogP contribution in [0.15, 0.2) is 12.3 Å². The Labute approximate surface area is 161 Å². The van der Waals surface area contributed by atoms with Crippen molar-refractivity contribution in [1.82, 2.24) is 9.88 Å². The monoisotopic (exact) mass is 376 g/mol. The molecule has 5 heteroatoms. The summed E-state index contributed by atoms with van der Waals surface area (Å²) in [6.45, 7) is 8.86. The summed E-state index contributed by atoms with van der Waals surface area (Å²) >= 11 is 6.35. The van der Waals surface area contributed by atoms with Crippen LogP contribution in [0, 0.1) is 17.8 Å². The van der Waals surface area contributed by atoms with E-state index in [1.165, 1.54) is 18.4 Å². The molecule has 0 spiro atoms. The molecule has 2 heterocycles. The van der Waals surface area contributed by atoms with Gasteiger partial charge in [-0.2, -0.15) is 0 Å². The van der Waals surface area contributed by atoms with Gasteiger partial charge >= 0.3 is 6.09 Å². The average molecular weight is 377 g/mol. The lowest BCUT2D eigenvalue weighted by Gasteiger charge is -2.61. The van der Waals surface area contributed by atoms with Crippen LogP contribution in [0.25, 0.3) is 0 Å². The second kappa shape index (κ2) is 6.12. The number of carbonyl (C=O) groups excluding carboxylic acids is 1. The lowest BCUT2D eigenvalue weighted by molar-refractivity contribution is -0.0933. The topological polar surface area (TPSA) is 42.4 Å². The van der Waals surface area contributed by atoms with Crippen LogP contribution in [0.4, 0.5) is 4.79 Å². The molecule has 4 nitrogen and oxygen atoms in total. The van der Waals surface area contributed by atoms with E-state index in [0.717, 1.165) is 31.5 Å². The van der Waals surface area contributed by atoms with Crippen molar-refractivity contribution >= 4 is 17.7 Å². The molecule has 3 aliphatic rings. The number of hydrogen-bond donors (Lipinski definition) is 0. The summed E-state index contributed by atoms with van der Waals surface area (Å²) < 4.78 is 5.83. The first-order chi connectivity index (χ1) is 12.2. The van der Waals surface area contributed by atoms with Crippen molar-refractivity contribution < 1.29 is 9.53 Å². The number of nitrogens with zero attached hydrogens (tertiary/aromatic N) is 2. The molecular weight excluding hydrogens is 348 g/mol. The molecule has 2 bridgehead atoms. The third kappa shape index (κ3) is 2.81. The summed E-state index contributed by atoms with van der Waals surface area (Å²) in [5.74, 6) is 1.64. The number of ether oxygens (including phenoxy) is 1. The first-order valence-corrected chi connectivity index (χ1v) is 10.2. The van der Waals surface area contributed by atoms with Crippen molar-refractivity contribution in [3.05, 3.63) is 28.5 Å². The molecule has 1 saturated heterocycles. The lowest BCUT2D eigenvalue weighted by Crippen LogP contribution is -2.64. The number of pyridine rings is 1. The van der Waals surface area contributed by atoms with Crippen LogP contribution in [0.2, 0.25) is 5.02 Å². The van der Waals surface area contributed by atoms with Gasteiger partial charge in [-0.3, -0.25) is 9.88 Å². The number of carbonyl (C=O) groups is 1. The fraction of sp³-hybridized carbons (Fsp3) is 0.714. The molecule has 1 saturated carbocycles. The quantitative estimate of drug-likeness (QED) is 0.626. The van der Waals surface area contributed by atoms with Gasteiger partial charge < -0.3 is 4.74 Å². The van der Waals surface area contributed by atoms with E-state index in [4.69, 9.17) is 16.3 Å². The van der Waals surface area contributed by atoms with Crippen molar-refractivity contribution in [1.29, 1.82) is 0 Å². The molecule has 0 unspecified atom stereocenters. The van der Waals surface area contributed by atoms with Gasteiger partial charge in [0.1, 0.15) is 5.60 Å². The fourth-order valence-corrected chi connectivity index (χ4v) is 5.95. The molecule has 2 aliphatic carbocycles. The maximum absolute atomic E-state index is 13.2. The Morgan fingerprint density at radius 1 is 1.42 bits per heavy atom. The van der Waals surface area contributed by atoms with Crippen LogP contribution >= 0.6 is 11.6 Å². The summed E-state index contributed by atoms with van der Waals surface area (Å²) in [6.07, 6.45) is 6.97. The predicted octanol–water partition coefficient (Wildman–Crippen LogP) is 5.18. The molecule has 0 N–H and O–H groups in total. The fourth-order valence-electron chi connectivity index (χ4n) is 5.80. The summed E-state index contributed by atoms with van der Waals surface area (Å²) in [4.78, 5) is 19.9. The number of halogens is 1. The number of fused-ring (bicyclic) bond motifs is 1. The molecule has 1 aromatic heterocycles. The van der Waals surface area contributed by atoms with Crippen molar-refractivity contribution in [2.45, 2.75) is 70.9 Å². The van der Waals surface area contributed by atoms with Crippen LogP contribution in [0.3, 0.4) is 0 Å². The SMILES string of the molecule is C[C@@H]1C[C@H]2Cc3ncc(Cl)cc3[C@@]3(C1)[C@@H]2CCCN3C(=O)OC(C)(C)C. The molecule has 2 fully saturated rings. The summed E-state index contributed by atoms with van der Waals surface area (Å²) in [6, 6.07) is 2.06. The predicted molar refractivity (Wildman–Crippen MR) is 102 cm³/mol. The highest BCUT2D eigenvalue weighted by atomic mass is 35.5. The normalized spacial score (nSPS) is 33.3. The minimum Gasteiger partial charge on any atom is -0.444 e. The van der Waals surface area contributed by atoms with E-state index in [2.05, 4.69) is 18.0 Å². The average Bonchev–Trinajstić information content (AvgIpc) is 2.53. The molecule has 1 aliphatic heterocycles. The van der Waals surface area contributed by atoms with E-state index >= 15 is 0 Å². The second-order valence-corrected chi connectivity index (χ2v) is 9.90. The second-order valence-electron chi connectivity index (χ2n) is 9.46. The Bertz CT molecular complexity index is 729. The number of rotatable bonds is 0. The minimum absolute atomic E-state index is 0.192. The first kappa shape index (κ1) is 18.1. The van der Waals surface area contributed by atoms with Gasteiger partial charge in [0.25, 0.3) is 0 Å². The zero-order valence-corrected chi connectivity index (χ0v) is 17.0. The van der Waals surface area contributed by atoms with Gasteiger partial charge in [0.05, 0.1) is 10.6 Å². The van der Waals surface area contributed by atoms with Gasteiger partial charge in [0.2, 0.25) is 0 Å². The van der Waals surface area contributed by atoms with Gasteiger partial charge in [-0.25, -0.2) is 4.79 Å². The van der Waals surface area contributed by atoms with Gasteiger partial charge in [-0.15, -0.1) is 0 Å². The van der Waals surface area contributed by atoms with E-state index in [9.17, 15) is 4.79 Å². The highest BCUT2D eigenvalue weighted by Crippen LogP contribution is 2.59. The summed E-state index contributed by atoms with van der Waals surface area (Å²) in [7, 11) is 0. The largest absolute Gasteiger partial charge is 0.444 e. The molecule has 142 valence electrons. The van der Waals surface area contributed by atoms with Gasteiger partial charge in [-0.1, -0.05) is 18.5 Å². The van der Waals surface area contributed by atoms with E-state index in [0.29, 0.717) is 22.8 Å². The number of hydrogen-bond acceptors (Lipinski definition) is 3. The van der Waals surface area contributed by atoms with Crippen LogP contribution in [-0.4, -0.2) is 28.1 Å². The highest BCUT2D eigenvalue weighted by molar-refractivity contribution is 6.30. The van der Waals surface area contributed by atoms with Gasteiger partial charge in [0, 0.05) is 24.0 Å². The third-order valence-corrected chi connectivity index (χ3v) is 6.61. The van der Waals surface area contributed by atoms with Gasteiger partial charge in [0.15, 0.2) is 0 Å². The molecule has 26 heavy (non-hydrogen) atoms. The molecule has 1 amide bonds. The zero-order chi connectivity index (χ0) is 18.7. The van der Waals surface area contributed by atoms with E-state index < -0.39 is 5.60 Å². The molecule has 4 atom stereocenters. The zero-order valence-electron chi connectivity index (χ0n) is 16.2. The van der Waals surface area contributed by atoms with E-state index in [1.807, 2.05) is 25.7 Å². The summed E-state index contributed by atoms with van der Waals surface area (Å²) in [5.41, 5.74) is 1.49. The maximum atomic E-state index is 13.2. The standard InChI is InChI=1S/C21H29ClN2O2/c1-13-8-14-9-18-17(10-15(22)12-23-18)21(11-13)16(14)6-5-7-24(21)19(25)26-20(2,3)4/h10,12-14,16H,5-9,11H2,1-4H3/t13-,14+,16-,21-/m1/s1. The molecule has 4 rings (SSSR count). The Morgan fingerprint density at radius 2 is 2.19 bits per heavy atom. The molecule has 0 aromatic carbocycles. The first-order valence-electron chi connectivity index (χ1n) is 9.86. The maximum Gasteiger partial charge on any atom is 0.411 e. The lowest BCUT2D eigenvalue weighted by atomic mass is 9.53. The smallest absolute Gasteiger partial charge is 0.411 e. The number of piperidine rings is 1. The van der Waals surface area contributed by atoms with Crippen molar-refractivity contribution in [2.75, 3.05) is 6.54 Å². The van der Waals surface area contributed by atoms with Crippen molar-refractivity contribution in [2.24, 2.45) is 17.8 Å². The Kier molecular flexibility index (Phi) is 4.26. The van der Waals surface area contributed by atoms with E-state index in [-0.39, 0.29) is 11.6 Å². The third-order valence-electron chi connectivity index (χ3n) is 6.40. The minimum atomic E-state index is -0.496.